The summed E-state index contributed by atoms with van der Waals surface area (Å²) in [5, 5.41) is 9.80. The smallest absolute Gasteiger partial charge is 0.251 e. The van der Waals surface area contributed by atoms with E-state index >= 15 is 0 Å². The van der Waals surface area contributed by atoms with Crippen LogP contribution in [-0.4, -0.2) is 26.6 Å². The molecule has 3 aromatic rings. The van der Waals surface area contributed by atoms with Crippen LogP contribution in [0.25, 0.3) is 5.69 Å². The van der Waals surface area contributed by atoms with E-state index in [9.17, 15) is 9.59 Å². The minimum absolute atomic E-state index is 0.00539. The van der Waals surface area contributed by atoms with Gasteiger partial charge in [-0.3, -0.25) is 9.59 Å². The zero-order valence-electron chi connectivity index (χ0n) is 15.1. The van der Waals surface area contributed by atoms with Crippen LogP contribution in [0.4, 0.5) is 5.69 Å². The summed E-state index contributed by atoms with van der Waals surface area (Å²) in [4.78, 5) is 27.9. The number of rotatable bonds is 7. The van der Waals surface area contributed by atoms with Crippen LogP contribution in [0.3, 0.4) is 0 Å². The molecule has 0 aliphatic heterocycles. The first-order valence-electron chi connectivity index (χ1n) is 8.78. The van der Waals surface area contributed by atoms with Crippen LogP contribution in [0.5, 0.6) is 0 Å². The first-order valence-corrected chi connectivity index (χ1v) is 8.78. The molecule has 0 saturated carbocycles. The van der Waals surface area contributed by atoms with E-state index in [2.05, 4.69) is 20.7 Å². The van der Waals surface area contributed by atoms with Crippen molar-refractivity contribution in [2.75, 3.05) is 5.32 Å². The monoisotopic (exact) mass is 363 g/mol. The summed E-state index contributed by atoms with van der Waals surface area (Å²) in [7, 11) is 0. The van der Waals surface area contributed by atoms with Gasteiger partial charge in [-0.25, -0.2) is 9.67 Å². The van der Waals surface area contributed by atoms with Gasteiger partial charge >= 0.3 is 0 Å². The average Bonchev–Trinajstić information content (AvgIpc) is 3.22. The Morgan fingerprint density at radius 1 is 1.11 bits per heavy atom. The van der Waals surface area contributed by atoms with Crippen LogP contribution < -0.4 is 10.6 Å². The number of nitrogens with zero attached hydrogens (tertiary/aromatic N) is 3. The minimum atomic E-state index is -0.169. The van der Waals surface area contributed by atoms with Gasteiger partial charge in [-0.15, -0.1) is 0 Å². The van der Waals surface area contributed by atoms with Gasteiger partial charge in [0.2, 0.25) is 5.91 Å². The van der Waals surface area contributed by atoms with Gasteiger partial charge in [0, 0.05) is 24.2 Å². The first-order chi connectivity index (χ1) is 13.2. The second-order valence-corrected chi connectivity index (χ2v) is 6.07. The second kappa shape index (κ2) is 8.75. The molecule has 138 valence electrons. The van der Waals surface area contributed by atoms with Crippen molar-refractivity contribution in [1.29, 1.82) is 0 Å². The maximum Gasteiger partial charge on any atom is 0.251 e. The van der Waals surface area contributed by atoms with Crippen molar-refractivity contribution in [1.82, 2.24) is 20.1 Å². The zero-order chi connectivity index (χ0) is 19.1. The molecule has 7 heteroatoms. The highest BCUT2D eigenvalue weighted by atomic mass is 16.2. The van der Waals surface area contributed by atoms with E-state index in [-0.39, 0.29) is 11.8 Å². The maximum atomic E-state index is 12.4. The number of hydrogen-bond acceptors (Lipinski definition) is 4. The molecule has 0 spiro atoms. The third-order valence-corrected chi connectivity index (χ3v) is 3.96. The highest BCUT2D eigenvalue weighted by Gasteiger charge is 2.08. The Bertz CT molecular complexity index is 904. The van der Waals surface area contributed by atoms with Crippen LogP contribution >= 0.6 is 0 Å². The van der Waals surface area contributed by atoms with Crippen molar-refractivity contribution in [3.63, 3.8) is 0 Å². The summed E-state index contributed by atoms with van der Waals surface area (Å²) in [6, 6.07) is 14.6. The van der Waals surface area contributed by atoms with Crippen molar-refractivity contribution in [2.24, 2.45) is 0 Å². The predicted octanol–water partition coefficient (Wildman–Crippen LogP) is 2.94. The van der Waals surface area contributed by atoms with Crippen LogP contribution in [0, 0.1) is 0 Å². The SMILES string of the molecule is CCCC(=O)Nc1ccc(CNC(=O)c2cccc(-n3cncn3)c2)cc1. The molecule has 2 aromatic carbocycles. The van der Waals surface area contributed by atoms with Gasteiger partial charge in [-0.05, 0) is 42.3 Å². The lowest BCUT2D eigenvalue weighted by atomic mass is 10.1. The van der Waals surface area contributed by atoms with Crippen molar-refractivity contribution in [3.05, 3.63) is 72.3 Å². The highest BCUT2D eigenvalue weighted by molar-refractivity contribution is 5.94. The number of benzene rings is 2. The Hall–Kier alpha value is -3.48. The van der Waals surface area contributed by atoms with E-state index in [0.29, 0.717) is 18.5 Å². The Labute approximate surface area is 157 Å². The van der Waals surface area contributed by atoms with Gasteiger partial charge in [0.05, 0.1) is 5.69 Å². The van der Waals surface area contributed by atoms with Gasteiger partial charge in [-0.1, -0.05) is 25.1 Å². The Balaban J connectivity index is 1.58. The fraction of sp³-hybridized carbons (Fsp3) is 0.200. The molecule has 0 saturated heterocycles. The predicted molar refractivity (Wildman–Crippen MR) is 103 cm³/mol. The van der Waals surface area contributed by atoms with Crippen molar-refractivity contribution in [2.45, 2.75) is 26.3 Å². The molecule has 2 N–H and O–H groups in total. The van der Waals surface area contributed by atoms with Gasteiger partial charge < -0.3 is 10.6 Å². The van der Waals surface area contributed by atoms with Gasteiger partial charge in [0.25, 0.3) is 5.91 Å². The normalized spacial score (nSPS) is 10.4. The highest BCUT2D eigenvalue weighted by Crippen LogP contribution is 2.12. The van der Waals surface area contributed by atoms with Crippen molar-refractivity contribution in [3.8, 4) is 5.69 Å². The fourth-order valence-electron chi connectivity index (χ4n) is 2.57. The Kier molecular flexibility index (Phi) is 5.94. The van der Waals surface area contributed by atoms with Gasteiger partial charge in [0.1, 0.15) is 12.7 Å². The Morgan fingerprint density at radius 2 is 1.93 bits per heavy atom. The molecule has 0 aliphatic carbocycles. The minimum Gasteiger partial charge on any atom is -0.348 e. The van der Waals surface area contributed by atoms with Crippen molar-refractivity contribution < 1.29 is 9.59 Å². The van der Waals surface area contributed by atoms with E-state index in [1.165, 1.54) is 6.33 Å². The molecular formula is C20H21N5O2. The number of aromatic nitrogens is 3. The molecule has 0 aliphatic rings. The molecule has 3 rings (SSSR count). The molecule has 2 amide bonds. The molecule has 0 atom stereocenters. The van der Waals surface area contributed by atoms with Crippen LogP contribution in [-0.2, 0) is 11.3 Å². The first kappa shape index (κ1) is 18.3. The molecule has 7 nitrogen and oxygen atoms in total. The van der Waals surface area contributed by atoms with Crippen LogP contribution in [0.1, 0.15) is 35.7 Å². The van der Waals surface area contributed by atoms with Crippen LogP contribution in [0.15, 0.2) is 61.2 Å². The van der Waals surface area contributed by atoms with Gasteiger partial charge in [-0.2, -0.15) is 5.10 Å². The summed E-state index contributed by atoms with van der Waals surface area (Å²) in [6.07, 6.45) is 4.35. The standard InChI is InChI=1S/C20H21N5O2/c1-2-4-19(26)24-17-9-7-15(8-10-17)12-22-20(27)16-5-3-6-18(11-16)25-14-21-13-23-25/h3,5-11,13-14H,2,4,12H2,1H3,(H,22,27)(H,24,26). The number of carbonyl (C=O) groups is 2. The Morgan fingerprint density at radius 3 is 2.63 bits per heavy atom. The third-order valence-electron chi connectivity index (χ3n) is 3.96. The topological polar surface area (TPSA) is 88.9 Å². The van der Waals surface area contributed by atoms with E-state index in [4.69, 9.17) is 0 Å². The second-order valence-electron chi connectivity index (χ2n) is 6.07. The molecular weight excluding hydrogens is 342 g/mol. The molecule has 27 heavy (non-hydrogen) atoms. The van der Waals surface area contributed by atoms with E-state index in [1.807, 2.05) is 37.3 Å². The molecule has 0 fully saturated rings. The number of nitrogens with one attached hydrogen (secondary N) is 2. The largest absolute Gasteiger partial charge is 0.348 e. The zero-order valence-corrected chi connectivity index (χ0v) is 15.1. The summed E-state index contributed by atoms with van der Waals surface area (Å²) in [5.74, 6) is -0.164. The summed E-state index contributed by atoms with van der Waals surface area (Å²) in [6.45, 7) is 2.36. The summed E-state index contributed by atoms with van der Waals surface area (Å²) < 4.78 is 1.60. The molecule has 1 heterocycles. The van der Waals surface area contributed by atoms with Crippen molar-refractivity contribution >= 4 is 17.5 Å². The number of hydrogen-bond donors (Lipinski definition) is 2. The number of anilines is 1. The molecule has 1 aromatic heterocycles. The van der Waals surface area contributed by atoms with E-state index in [0.717, 1.165) is 23.4 Å². The summed E-state index contributed by atoms with van der Waals surface area (Å²) >= 11 is 0. The maximum absolute atomic E-state index is 12.4. The van der Waals surface area contributed by atoms with E-state index in [1.54, 1.807) is 29.2 Å². The average molecular weight is 363 g/mol. The van der Waals surface area contributed by atoms with E-state index < -0.39 is 0 Å². The summed E-state index contributed by atoms with van der Waals surface area (Å²) in [5.41, 5.74) is 3.02. The molecule has 0 radical (unpaired) electrons. The fourth-order valence-corrected chi connectivity index (χ4v) is 2.57. The third kappa shape index (κ3) is 5.01. The van der Waals surface area contributed by atoms with Crippen LogP contribution in [0.2, 0.25) is 0 Å². The quantitative estimate of drug-likeness (QED) is 0.675. The van der Waals surface area contributed by atoms with Gasteiger partial charge in [0.15, 0.2) is 0 Å². The lowest BCUT2D eigenvalue weighted by molar-refractivity contribution is -0.116. The lowest BCUT2D eigenvalue weighted by Crippen LogP contribution is -2.23. The molecule has 0 unspecified atom stereocenters. The molecule has 0 bridgehead atoms. The lowest BCUT2D eigenvalue weighted by Gasteiger charge is -2.08. The number of carbonyl (C=O) groups excluding carboxylic acids is 2. The number of amides is 2.